The van der Waals surface area contributed by atoms with Crippen molar-refractivity contribution in [3.63, 3.8) is 0 Å². The first-order valence-corrected chi connectivity index (χ1v) is 9.24. The van der Waals surface area contributed by atoms with Crippen molar-refractivity contribution in [1.82, 2.24) is 10.2 Å². The molecule has 0 N–H and O–H groups in total. The van der Waals surface area contributed by atoms with Crippen molar-refractivity contribution in [2.24, 2.45) is 0 Å². The van der Waals surface area contributed by atoms with Gasteiger partial charge in [-0.3, -0.25) is 0 Å². The molecule has 0 fully saturated rings. The zero-order chi connectivity index (χ0) is 20.8. The predicted molar refractivity (Wildman–Crippen MR) is 112 cm³/mol. The van der Waals surface area contributed by atoms with Crippen molar-refractivity contribution in [1.29, 1.82) is 0 Å². The highest BCUT2D eigenvalue weighted by Crippen LogP contribution is 2.25. The average Bonchev–Trinajstić information content (AvgIpc) is 2.81. The number of benzene rings is 3. The second kappa shape index (κ2) is 8.87. The summed E-state index contributed by atoms with van der Waals surface area (Å²) in [5.41, 5.74) is 1.89. The molecule has 0 radical (unpaired) electrons. The Morgan fingerprint density at radius 3 is 2.17 bits per heavy atom. The van der Waals surface area contributed by atoms with Gasteiger partial charge in [0.05, 0.1) is 18.4 Å². The van der Waals surface area contributed by atoms with Gasteiger partial charge in [-0.2, -0.15) is 0 Å². The number of aromatic nitrogens is 2. The number of para-hydroxylation sites is 1. The van der Waals surface area contributed by atoms with E-state index < -0.39 is 5.97 Å². The van der Waals surface area contributed by atoms with Gasteiger partial charge in [0.2, 0.25) is 5.88 Å². The van der Waals surface area contributed by atoms with Gasteiger partial charge in [0.15, 0.2) is 0 Å². The molecular weight excluding hydrogens is 380 g/mol. The maximum atomic E-state index is 12.3. The topological polar surface area (TPSA) is 70.5 Å². The summed E-state index contributed by atoms with van der Waals surface area (Å²) in [6.07, 6.45) is 0. The van der Waals surface area contributed by atoms with Crippen LogP contribution in [-0.2, 0) is 0 Å². The summed E-state index contributed by atoms with van der Waals surface area (Å²) >= 11 is 0. The average molecular weight is 398 g/mol. The molecule has 6 heteroatoms. The van der Waals surface area contributed by atoms with E-state index in [-0.39, 0.29) is 5.88 Å². The van der Waals surface area contributed by atoms with Crippen LogP contribution < -0.4 is 14.2 Å². The lowest BCUT2D eigenvalue weighted by Crippen LogP contribution is -2.10. The Hall–Kier alpha value is -4.19. The molecule has 1 heterocycles. The Labute approximate surface area is 173 Å². The number of esters is 1. The highest BCUT2D eigenvalue weighted by atomic mass is 16.5. The summed E-state index contributed by atoms with van der Waals surface area (Å²) in [6.45, 7) is 0. The Morgan fingerprint density at radius 2 is 1.47 bits per heavy atom. The monoisotopic (exact) mass is 398 g/mol. The molecule has 4 rings (SSSR count). The molecule has 3 aromatic carbocycles. The number of hydrogen-bond donors (Lipinski definition) is 0. The summed E-state index contributed by atoms with van der Waals surface area (Å²) < 4.78 is 16.2. The Bertz CT molecular complexity index is 1130. The third-order valence-corrected chi connectivity index (χ3v) is 4.27. The second-order valence-corrected chi connectivity index (χ2v) is 6.32. The molecule has 0 aliphatic heterocycles. The fourth-order valence-corrected chi connectivity index (χ4v) is 2.75. The minimum absolute atomic E-state index is 0.121. The lowest BCUT2D eigenvalue weighted by molar-refractivity contribution is 0.0725. The zero-order valence-corrected chi connectivity index (χ0v) is 16.2. The van der Waals surface area contributed by atoms with Gasteiger partial charge in [-0.25, -0.2) is 4.79 Å². The highest BCUT2D eigenvalue weighted by Gasteiger charge is 2.11. The van der Waals surface area contributed by atoms with Crippen LogP contribution in [0.4, 0.5) is 0 Å². The van der Waals surface area contributed by atoms with Gasteiger partial charge in [0.1, 0.15) is 17.2 Å². The van der Waals surface area contributed by atoms with E-state index in [1.807, 2.05) is 54.6 Å². The van der Waals surface area contributed by atoms with Crippen molar-refractivity contribution in [2.75, 3.05) is 7.11 Å². The third-order valence-electron chi connectivity index (χ3n) is 4.27. The number of carbonyl (C=O) groups is 1. The SMILES string of the molecule is COc1cccc(C(=O)Oc2ccc(-c3ccc(Oc4ccccc4)cc3)nn2)c1. The molecule has 0 amide bonds. The summed E-state index contributed by atoms with van der Waals surface area (Å²) in [5.74, 6) is 1.66. The zero-order valence-electron chi connectivity index (χ0n) is 16.2. The molecule has 0 unspecified atom stereocenters. The van der Waals surface area contributed by atoms with E-state index in [1.54, 1.807) is 36.4 Å². The lowest BCUT2D eigenvalue weighted by atomic mass is 10.1. The molecule has 0 spiro atoms. The molecule has 0 atom stereocenters. The number of carbonyl (C=O) groups excluding carboxylic acids is 1. The first-order chi connectivity index (χ1) is 14.7. The van der Waals surface area contributed by atoms with Gasteiger partial charge >= 0.3 is 5.97 Å². The van der Waals surface area contributed by atoms with Crippen molar-refractivity contribution in [3.05, 3.63) is 96.6 Å². The van der Waals surface area contributed by atoms with Crippen molar-refractivity contribution in [2.45, 2.75) is 0 Å². The maximum absolute atomic E-state index is 12.3. The number of nitrogens with zero attached hydrogens (tertiary/aromatic N) is 2. The summed E-state index contributed by atoms with van der Waals surface area (Å²) in [4.78, 5) is 12.3. The third kappa shape index (κ3) is 4.62. The van der Waals surface area contributed by atoms with Crippen LogP contribution in [0.15, 0.2) is 91.0 Å². The van der Waals surface area contributed by atoms with Gasteiger partial charge < -0.3 is 14.2 Å². The van der Waals surface area contributed by atoms with Crippen LogP contribution in [0.5, 0.6) is 23.1 Å². The van der Waals surface area contributed by atoms with Crippen molar-refractivity contribution in [3.8, 4) is 34.4 Å². The quantitative estimate of drug-likeness (QED) is 0.418. The fraction of sp³-hybridized carbons (Fsp3) is 0.0417. The maximum Gasteiger partial charge on any atom is 0.345 e. The molecule has 4 aromatic rings. The van der Waals surface area contributed by atoms with Gasteiger partial charge in [-0.1, -0.05) is 24.3 Å². The Balaban J connectivity index is 1.42. The lowest BCUT2D eigenvalue weighted by Gasteiger charge is -2.07. The molecule has 0 saturated heterocycles. The predicted octanol–water partition coefficient (Wildman–Crippen LogP) is 5.16. The van der Waals surface area contributed by atoms with Gasteiger partial charge in [0.25, 0.3) is 0 Å². The van der Waals surface area contributed by atoms with E-state index in [1.165, 1.54) is 7.11 Å². The number of rotatable bonds is 6. The molecule has 0 aliphatic rings. The fourth-order valence-electron chi connectivity index (χ4n) is 2.75. The second-order valence-electron chi connectivity index (χ2n) is 6.32. The van der Waals surface area contributed by atoms with E-state index in [9.17, 15) is 4.79 Å². The standard InChI is InChI=1S/C24H18N2O4/c1-28-21-9-5-6-18(16-21)24(27)30-23-15-14-22(25-26-23)17-10-12-20(13-11-17)29-19-7-3-2-4-8-19/h2-16H,1H3. The van der Waals surface area contributed by atoms with Crippen LogP contribution in [0.1, 0.15) is 10.4 Å². The van der Waals surface area contributed by atoms with Crippen LogP contribution in [0, 0.1) is 0 Å². The molecule has 0 saturated carbocycles. The van der Waals surface area contributed by atoms with Crippen LogP contribution in [0.25, 0.3) is 11.3 Å². The molecule has 0 aliphatic carbocycles. The van der Waals surface area contributed by atoms with Crippen molar-refractivity contribution < 1.29 is 19.0 Å². The highest BCUT2D eigenvalue weighted by molar-refractivity contribution is 5.91. The first kappa shape index (κ1) is 19.1. The molecule has 0 bridgehead atoms. The minimum Gasteiger partial charge on any atom is -0.497 e. The largest absolute Gasteiger partial charge is 0.497 e. The normalized spacial score (nSPS) is 10.3. The first-order valence-electron chi connectivity index (χ1n) is 9.24. The number of ether oxygens (including phenoxy) is 3. The Morgan fingerprint density at radius 1 is 0.733 bits per heavy atom. The van der Waals surface area contributed by atoms with Crippen LogP contribution >= 0.6 is 0 Å². The van der Waals surface area contributed by atoms with E-state index in [2.05, 4.69) is 10.2 Å². The summed E-state index contributed by atoms with van der Waals surface area (Å²) in [7, 11) is 1.54. The van der Waals surface area contributed by atoms with Crippen molar-refractivity contribution >= 4 is 5.97 Å². The minimum atomic E-state index is -0.529. The van der Waals surface area contributed by atoms with Crippen LogP contribution in [0.2, 0.25) is 0 Å². The molecule has 1 aromatic heterocycles. The molecule has 30 heavy (non-hydrogen) atoms. The van der Waals surface area contributed by atoms with Crippen LogP contribution in [-0.4, -0.2) is 23.3 Å². The number of hydrogen-bond acceptors (Lipinski definition) is 6. The Kier molecular flexibility index (Phi) is 5.66. The molecule has 148 valence electrons. The smallest absolute Gasteiger partial charge is 0.345 e. The van der Waals surface area contributed by atoms with E-state index in [0.29, 0.717) is 17.0 Å². The van der Waals surface area contributed by atoms with E-state index >= 15 is 0 Å². The van der Waals surface area contributed by atoms with Gasteiger partial charge in [-0.15, -0.1) is 10.2 Å². The summed E-state index contributed by atoms with van der Waals surface area (Å²) in [6, 6.07) is 27.1. The number of methoxy groups -OCH3 is 1. The van der Waals surface area contributed by atoms with Gasteiger partial charge in [-0.05, 0) is 60.7 Å². The van der Waals surface area contributed by atoms with E-state index in [4.69, 9.17) is 14.2 Å². The van der Waals surface area contributed by atoms with Gasteiger partial charge in [0, 0.05) is 11.6 Å². The molecule has 6 nitrogen and oxygen atoms in total. The molecular formula is C24H18N2O4. The van der Waals surface area contributed by atoms with Crippen LogP contribution in [0.3, 0.4) is 0 Å². The summed E-state index contributed by atoms with van der Waals surface area (Å²) in [5, 5.41) is 8.15. The van der Waals surface area contributed by atoms with E-state index in [0.717, 1.165) is 17.1 Å².